The SMILES string of the molecule is CCOc1ccc(NC(=O)Nc2cc(-c3ccnc(Nc4ccccc4)c3)ccn2)cc1. The van der Waals surface area contributed by atoms with Gasteiger partial charge in [0.25, 0.3) is 0 Å². The van der Waals surface area contributed by atoms with Gasteiger partial charge in [-0.25, -0.2) is 14.8 Å². The molecule has 3 N–H and O–H groups in total. The van der Waals surface area contributed by atoms with Crippen molar-refractivity contribution in [2.45, 2.75) is 6.92 Å². The summed E-state index contributed by atoms with van der Waals surface area (Å²) in [4.78, 5) is 21.0. The first-order valence-electron chi connectivity index (χ1n) is 10.2. The minimum absolute atomic E-state index is 0.375. The number of nitrogens with zero attached hydrogens (tertiary/aromatic N) is 2. The Kier molecular flexibility index (Phi) is 6.57. The lowest BCUT2D eigenvalue weighted by Gasteiger charge is -2.10. The van der Waals surface area contributed by atoms with Crippen molar-refractivity contribution in [1.29, 1.82) is 0 Å². The van der Waals surface area contributed by atoms with Crippen LogP contribution in [0.3, 0.4) is 0 Å². The molecule has 7 heteroatoms. The molecule has 0 bridgehead atoms. The summed E-state index contributed by atoms with van der Waals surface area (Å²) >= 11 is 0. The number of anilines is 4. The highest BCUT2D eigenvalue weighted by atomic mass is 16.5. The Balaban J connectivity index is 1.43. The van der Waals surface area contributed by atoms with Gasteiger partial charge < -0.3 is 15.4 Å². The van der Waals surface area contributed by atoms with Crippen molar-refractivity contribution in [3.63, 3.8) is 0 Å². The van der Waals surface area contributed by atoms with Crippen LogP contribution >= 0.6 is 0 Å². The summed E-state index contributed by atoms with van der Waals surface area (Å²) in [6, 6.07) is 24.2. The number of pyridine rings is 2. The van der Waals surface area contributed by atoms with Crippen LogP contribution in [0.25, 0.3) is 11.1 Å². The maximum atomic E-state index is 12.4. The van der Waals surface area contributed by atoms with E-state index in [1.54, 1.807) is 24.5 Å². The van der Waals surface area contributed by atoms with Gasteiger partial charge in [-0.1, -0.05) is 18.2 Å². The first kappa shape index (κ1) is 20.9. The Morgan fingerprint density at radius 1 is 0.781 bits per heavy atom. The molecule has 0 spiro atoms. The molecule has 7 nitrogen and oxygen atoms in total. The van der Waals surface area contributed by atoms with Crippen molar-refractivity contribution in [2.24, 2.45) is 0 Å². The van der Waals surface area contributed by atoms with Gasteiger partial charge in [0.05, 0.1) is 6.61 Å². The zero-order valence-corrected chi connectivity index (χ0v) is 17.6. The summed E-state index contributed by atoms with van der Waals surface area (Å²) in [6.45, 7) is 2.52. The van der Waals surface area contributed by atoms with Crippen LogP contribution in [0.5, 0.6) is 5.75 Å². The number of hydrogen-bond acceptors (Lipinski definition) is 5. The van der Waals surface area contributed by atoms with Gasteiger partial charge in [0.1, 0.15) is 17.4 Å². The molecule has 2 amide bonds. The fourth-order valence-corrected chi connectivity index (χ4v) is 3.11. The molecule has 0 saturated carbocycles. The third-order valence-electron chi connectivity index (χ3n) is 4.56. The molecule has 0 radical (unpaired) electrons. The topological polar surface area (TPSA) is 88.2 Å². The number of hydrogen-bond donors (Lipinski definition) is 3. The van der Waals surface area contributed by atoms with Crippen molar-refractivity contribution < 1.29 is 9.53 Å². The van der Waals surface area contributed by atoms with Gasteiger partial charge in [0.2, 0.25) is 0 Å². The van der Waals surface area contributed by atoms with Crippen LogP contribution in [0, 0.1) is 0 Å². The molecular weight excluding hydrogens is 402 g/mol. The van der Waals surface area contributed by atoms with Crippen molar-refractivity contribution in [2.75, 3.05) is 22.6 Å². The molecule has 32 heavy (non-hydrogen) atoms. The smallest absolute Gasteiger partial charge is 0.324 e. The van der Waals surface area contributed by atoms with E-state index in [9.17, 15) is 4.79 Å². The molecule has 0 unspecified atom stereocenters. The van der Waals surface area contributed by atoms with Gasteiger partial charge in [-0.3, -0.25) is 5.32 Å². The van der Waals surface area contributed by atoms with Crippen molar-refractivity contribution in [3.8, 4) is 16.9 Å². The van der Waals surface area contributed by atoms with Crippen molar-refractivity contribution in [3.05, 3.63) is 91.3 Å². The van der Waals surface area contributed by atoms with E-state index in [0.717, 1.165) is 28.4 Å². The minimum Gasteiger partial charge on any atom is -0.494 e. The lowest BCUT2D eigenvalue weighted by molar-refractivity contribution is 0.262. The molecule has 160 valence electrons. The molecule has 4 aromatic rings. The van der Waals surface area contributed by atoms with E-state index >= 15 is 0 Å². The van der Waals surface area contributed by atoms with Crippen LogP contribution in [0.2, 0.25) is 0 Å². The Labute approximate surface area is 186 Å². The number of nitrogens with one attached hydrogen (secondary N) is 3. The summed E-state index contributed by atoms with van der Waals surface area (Å²) < 4.78 is 5.41. The molecule has 4 rings (SSSR count). The monoisotopic (exact) mass is 425 g/mol. The number of ether oxygens (including phenoxy) is 1. The van der Waals surface area contributed by atoms with E-state index in [1.807, 2.05) is 73.7 Å². The maximum Gasteiger partial charge on any atom is 0.324 e. The van der Waals surface area contributed by atoms with Crippen LogP contribution in [0.4, 0.5) is 27.8 Å². The Morgan fingerprint density at radius 3 is 2.12 bits per heavy atom. The van der Waals surface area contributed by atoms with Crippen LogP contribution in [0.1, 0.15) is 6.92 Å². The first-order valence-corrected chi connectivity index (χ1v) is 10.2. The molecular formula is C25H23N5O2. The van der Waals surface area contributed by atoms with Crippen LogP contribution in [0.15, 0.2) is 91.3 Å². The molecule has 0 aliphatic rings. The number of rotatable bonds is 7. The molecule has 0 aliphatic carbocycles. The standard InChI is InChI=1S/C25H23N5O2/c1-2-32-22-10-8-21(9-11-22)29-25(31)30-24-17-19(13-15-27-24)18-12-14-26-23(16-18)28-20-6-4-3-5-7-20/h3-17H,2H2,1H3,(H,26,28)(H2,27,29,30,31). The number of amides is 2. The van der Waals surface area contributed by atoms with Gasteiger partial charge in [0, 0.05) is 23.8 Å². The van der Waals surface area contributed by atoms with E-state index < -0.39 is 0 Å². The molecule has 2 heterocycles. The van der Waals surface area contributed by atoms with E-state index in [-0.39, 0.29) is 6.03 Å². The number of benzene rings is 2. The lowest BCUT2D eigenvalue weighted by atomic mass is 10.1. The largest absolute Gasteiger partial charge is 0.494 e. The Bertz CT molecular complexity index is 1180. The van der Waals surface area contributed by atoms with Crippen LogP contribution in [-0.4, -0.2) is 22.6 Å². The second kappa shape index (κ2) is 10.1. The maximum absolute atomic E-state index is 12.4. The summed E-state index contributed by atoms with van der Waals surface area (Å²) in [5.74, 6) is 1.93. The zero-order valence-electron chi connectivity index (χ0n) is 17.6. The average molecular weight is 425 g/mol. The van der Waals surface area contributed by atoms with E-state index in [2.05, 4.69) is 25.9 Å². The molecule has 0 aliphatic heterocycles. The number of carbonyl (C=O) groups is 1. The average Bonchev–Trinajstić information content (AvgIpc) is 2.81. The highest BCUT2D eigenvalue weighted by Gasteiger charge is 2.07. The minimum atomic E-state index is -0.375. The Morgan fingerprint density at radius 2 is 1.44 bits per heavy atom. The molecule has 0 saturated heterocycles. The lowest BCUT2D eigenvalue weighted by Crippen LogP contribution is -2.20. The van der Waals surface area contributed by atoms with Gasteiger partial charge in [-0.2, -0.15) is 0 Å². The van der Waals surface area contributed by atoms with Gasteiger partial charge in [-0.15, -0.1) is 0 Å². The second-order valence-corrected chi connectivity index (χ2v) is 6.89. The predicted octanol–water partition coefficient (Wildman–Crippen LogP) is 5.93. The summed E-state index contributed by atoms with van der Waals surface area (Å²) in [5.41, 5.74) is 3.48. The van der Waals surface area contributed by atoms with E-state index in [0.29, 0.717) is 18.1 Å². The van der Waals surface area contributed by atoms with E-state index in [1.165, 1.54) is 0 Å². The number of carbonyl (C=O) groups excluding carboxylic acids is 1. The third kappa shape index (κ3) is 5.60. The first-order chi connectivity index (χ1) is 15.7. The summed E-state index contributed by atoms with van der Waals surface area (Å²) in [7, 11) is 0. The van der Waals surface area contributed by atoms with Gasteiger partial charge in [0.15, 0.2) is 0 Å². The molecule has 0 atom stereocenters. The normalized spacial score (nSPS) is 10.3. The summed E-state index contributed by atoms with van der Waals surface area (Å²) in [5, 5.41) is 8.85. The molecule has 2 aromatic heterocycles. The highest BCUT2D eigenvalue weighted by Crippen LogP contribution is 2.24. The van der Waals surface area contributed by atoms with Gasteiger partial charge >= 0.3 is 6.03 Å². The predicted molar refractivity (Wildman–Crippen MR) is 127 cm³/mol. The third-order valence-corrected chi connectivity index (χ3v) is 4.56. The summed E-state index contributed by atoms with van der Waals surface area (Å²) in [6.07, 6.45) is 3.40. The fraction of sp³-hybridized carbons (Fsp3) is 0.0800. The molecule has 2 aromatic carbocycles. The quantitative estimate of drug-likeness (QED) is 0.342. The highest BCUT2D eigenvalue weighted by molar-refractivity contribution is 5.99. The molecule has 0 fully saturated rings. The number of aromatic nitrogens is 2. The number of urea groups is 1. The van der Waals surface area contributed by atoms with Gasteiger partial charge in [-0.05, 0) is 78.7 Å². The number of para-hydroxylation sites is 1. The van der Waals surface area contributed by atoms with Crippen LogP contribution < -0.4 is 20.7 Å². The second-order valence-electron chi connectivity index (χ2n) is 6.89. The zero-order chi connectivity index (χ0) is 22.2. The van der Waals surface area contributed by atoms with Crippen LogP contribution in [-0.2, 0) is 0 Å². The van der Waals surface area contributed by atoms with Crippen molar-refractivity contribution >= 4 is 29.0 Å². The van der Waals surface area contributed by atoms with Crippen molar-refractivity contribution in [1.82, 2.24) is 9.97 Å². The fourth-order valence-electron chi connectivity index (χ4n) is 3.11. The Hall–Kier alpha value is -4.39. The van der Waals surface area contributed by atoms with E-state index in [4.69, 9.17) is 4.74 Å².